The fraction of sp³-hybridized carbons (Fsp3) is 0.375. The lowest BCUT2D eigenvalue weighted by Gasteiger charge is -2.34. The van der Waals surface area contributed by atoms with Crippen molar-refractivity contribution < 1.29 is 32.2 Å². The number of benzene rings is 2. The Labute approximate surface area is 212 Å². The molecular formula is C24H27N3O7S2. The molecule has 2 aromatic carbocycles. The lowest BCUT2D eigenvalue weighted by Crippen LogP contribution is -2.48. The number of hydrogen-bond donors (Lipinski definition) is 0. The molecule has 0 aliphatic carbocycles. The molecule has 2 atom stereocenters. The smallest absolute Gasteiger partial charge is 0.325 e. The summed E-state index contributed by atoms with van der Waals surface area (Å²) in [5, 5.41) is 0. The molecular weight excluding hydrogens is 506 g/mol. The normalized spacial score (nSPS) is 19.4. The number of rotatable bonds is 6. The summed E-state index contributed by atoms with van der Waals surface area (Å²) in [4.78, 5) is 29.6. The highest BCUT2D eigenvalue weighted by Crippen LogP contribution is 2.24. The van der Waals surface area contributed by atoms with Crippen molar-refractivity contribution in [3.63, 3.8) is 0 Å². The minimum Gasteiger partial charge on any atom is -0.497 e. The van der Waals surface area contributed by atoms with Crippen LogP contribution in [0.2, 0.25) is 0 Å². The van der Waals surface area contributed by atoms with Crippen LogP contribution in [0, 0.1) is 0 Å². The van der Waals surface area contributed by atoms with Gasteiger partial charge >= 0.3 is 5.97 Å². The number of carbonyl (C=O) groups is 2. The number of carbonyl (C=O) groups excluding carboxylic acids is 2. The Hall–Kier alpha value is -3.06. The Morgan fingerprint density at radius 2 is 1.75 bits per heavy atom. The minimum atomic E-state index is -3.73. The van der Waals surface area contributed by atoms with Crippen molar-refractivity contribution in [2.45, 2.75) is 37.5 Å². The van der Waals surface area contributed by atoms with Crippen molar-refractivity contribution in [1.29, 1.82) is 0 Å². The fourth-order valence-corrected chi connectivity index (χ4v) is 6.66. The van der Waals surface area contributed by atoms with Crippen LogP contribution >= 0.6 is 11.3 Å². The first-order valence-electron chi connectivity index (χ1n) is 11.2. The highest BCUT2D eigenvalue weighted by atomic mass is 32.2. The molecule has 1 aliphatic heterocycles. The zero-order chi connectivity index (χ0) is 26.0. The molecule has 1 amide bonds. The van der Waals surface area contributed by atoms with E-state index in [0.29, 0.717) is 16.1 Å². The molecule has 1 saturated heterocycles. The largest absolute Gasteiger partial charge is 0.497 e. The van der Waals surface area contributed by atoms with Crippen LogP contribution in [-0.4, -0.2) is 68.7 Å². The third kappa shape index (κ3) is 5.36. The van der Waals surface area contributed by atoms with E-state index in [0.717, 1.165) is 4.70 Å². The number of methoxy groups -OCH3 is 2. The van der Waals surface area contributed by atoms with Crippen LogP contribution < -0.4 is 9.54 Å². The SMILES string of the molecule is COC(=O)Cn1c(=NC(=O)c2ccc(S(=O)(=O)N3C[C@@H](C)O[C@H](C)C3)cc2)sc2cc(OC)ccc21. The monoisotopic (exact) mass is 533 g/mol. The number of nitrogens with zero attached hydrogens (tertiary/aromatic N) is 3. The van der Waals surface area contributed by atoms with Gasteiger partial charge in [-0.25, -0.2) is 8.42 Å². The summed E-state index contributed by atoms with van der Waals surface area (Å²) in [6.45, 7) is 4.07. The van der Waals surface area contributed by atoms with Crippen LogP contribution in [0.4, 0.5) is 0 Å². The van der Waals surface area contributed by atoms with Crippen LogP contribution in [-0.2, 0) is 30.8 Å². The number of sulfonamides is 1. The van der Waals surface area contributed by atoms with E-state index in [2.05, 4.69) is 4.99 Å². The summed E-state index contributed by atoms with van der Waals surface area (Å²) >= 11 is 1.23. The Morgan fingerprint density at radius 3 is 2.36 bits per heavy atom. The van der Waals surface area contributed by atoms with E-state index in [9.17, 15) is 18.0 Å². The van der Waals surface area contributed by atoms with Crippen molar-refractivity contribution in [2.24, 2.45) is 4.99 Å². The maximum atomic E-state index is 13.1. The van der Waals surface area contributed by atoms with Crippen molar-refractivity contribution in [2.75, 3.05) is 27.3 Å². The zero-order valence-corrected chi connectivity index (χ0v) is 22.0. The molecule has 4 rings (SSSR count). The first kappa shape index (κ1) is 26.0. The molecule has 1 fully saturated rings. The maximum absolute atomic E-state index is 13.1. The van der Waals surface area contributed by atoms with Gasteiger partial charge in [-0.15, -0.1) is 0 Å². The second-order valence-corrected chi connectivity index (χ2v) is 11.3. The van der Waals surface area contributed by atoms with Crippen molar-refractivity contribution in [3.8, 4) is 5.75 Å². The lowest BCUT2D eigenvalue weighted by atomic mass is 10.2. The van der Waals surface area contributed by atoms with Gasteiger partial charge in [0, 0.05) is 18.7 Å². The minimum absolute atomic E-state index is 0.0927. The third-order valence-corrected chi connectivity index (χ3v) is 8.61. The summed E-state index contributed by atoms with van der Waals surface area (Å²) < 4.78 is 45.6. The number of thiazole rings is 1. The van der Waals surface area contributed by atoms with Gasteiger partial charge in [0.25, 0.3) is 5.91 Å². The highest BCUT2D eigenvalue weighted by molar-refractivity contribution is 7.89. The third-order valence-electron chi connectivity index (χ3n) is 5.73. The second-order valence-electron chi connectivity index (χ2n) is 8.40. The predicted octanol–water partition coefficient (Wildman–Crippen LogP) is 2.42. The summed E-state index contributed by atoms with van der Waals surface area (Å²) in [7, 11) is -0.890. The van der Waals surface area contributed by atoms with Gasteiger partial charge in [0.05, 0.1) is 41.5 Å². The van der Waals surface area contributed by atoms with Crippen LogP contribution in [0.1, 0.15) is 24.2 Å². The highest BCUT2D eigenvalue weighted by Gasteiger charge is 2.32. The van der Waals surface area contributed by atoms with E-state index < -0.39 is 21.9 Å². The second kappa shape index (κ2) is 10.5. The van der Waals surface area contributed by atoms with Crippen molar-refractivity contribution >= 4 is 43.5 Å². The molecule has 3 aromatic rings. The number of aromatic nitrogens is 1. The molecule has 12 heteroatoms. The molecule has 10 nitrogen and oxygen atoms in total. The zero-order valence-electron chi connectivity index (χ0n) is 20.3. The summed E-state index contributed by atoms with van der Waals surface area (Å²) in [5.41, 5.74) is 0.922. The van der Waals surface area contributed by atoms with Crippen molar-refractivity contribution in [1.82, 2.24) is 8.87 Å². The molecule has 0 N–H and O–H groups in total. The van der Waals surface area contributed by atoms with Gasteiger partial charge in [-0.05, 0) is 56.3 Å². The molecule has 0 unspecified atom stereocenters. The van der Waals surface area contributed by atoms with Crippen LogP contribution in [0.5, 0.6) is 5.75 Å². The maximum Gasteiger partial charge on any atom is 0.325 e. The molecule has 36 heavy (non-hydrogen) atoms. The average molecular weight is 534 g/mol. The predicted molar refractivity (Wildman–Crippen MR) is 133 cm³/mol. The van der Waals surface area contributed by atoms with Crippen LogP contribution in [0.3, 0.4) is 0 Å². The van der Waals surface area contributed by atoms with Gasteiger partial charge in [-0.1, -0.05) is 11.3 Å². The van der Waals surface area contributed by atoms with E-state index in [1.54, 1.807) is 29.9 Å². The van der Waals surface area contributed by atoms with E-state index in [1.165, 1.54) is 47.0 Å². The molecule has 1 aromatic heterocycles. The van der Waals surface area contributed by atoms with E-state index in [4.69, 9.17) is 14.2 Å². The number of esters is 1. The number of fused-ring (bicyclic) bond motifs is 1. The average Bonchev–Trinajstić information content (AvgIpc) is 3.18. The molecule has 1 aliphatic rings. The van der Waals surface area contributed by atoms with Gasteiger partial charge in [0.15, 0.2) is 4.80 Å². The summed E-state index contributed by atoms with van der Waals surface area (Å²) in [5.74, 6) is -0.418. The topological polar surface area (TPSA) is 117 Å². The van der Waals surface area contributed by atoms with Gasteiger partial charge in [-0.3, -0.25) is 9.59 Å². The van der Waals surface area contributed by atoms with E-state index in [-0.39, 0.29) is 42.3 Å². The summed E-state index contributed by atoms with van der Waals surface area (Å²) in [6.07, 6.45) is -0.415. The molecule has 0 saturated carbocycles. The van der Waals surface area contributed by atoms with Gasteiger partial charge in [0.2, 0.25) is 10.0 Å². The Morgan fingerprint density at radius 1 is 1.08 bits per heavy atom. The Kier molecular flexibility index (Phi) is 7.59. The molecule has 0 radical (unpaired) electrons. The lowest BCUT2D eigenvalue weighted by molar-refractivity contribution is -0.141. The first-order chi connectivity index (χ1) is 17.1. The number of ether oxygens (including phenoxy) is 3. The number of morpholine rings is 1. The number of hydrogen-bond acceptors (Lipinski definition) is 8. The van der Waals surface area contributed by atoms with Gasteiger partial charge in [0.1, 0.15) is 12.3 Å². The molecule has 2 heterocycles. The quantitative estimate of drug-likeness (QED) is 0.447. The van der Waals surface area contributed by atoms with E-state index >= 15 is 0 Å². The molecule has 0 spiro atoms. The van der Waals surface area contributed by atoms with Crippen LogP contribution in [0.25, 0.3) is 10.2 Å². The van der Waals surface area contributed by atoms with Crippen molar-refractivity contribution in [3.05, 3.63) is 52.8 Å². The summed E-state index contributed by atoms with van der Waals surface area (Å²) in [6, 6.07) is 11.0. The molecule has 192 valence electrons. The number of amides is 1. The van der Waals surface area contributed by atoms with E-state index in [1.807, 2.05) is 13.8 Å². The molecule has 0 bridgehead atoms. The van der Waals surface area contributed by atoms with Gasteiger partial charge < -0.3 is 18.8 Å². The Bertz CT molecular complexity index is 1450. The Balaban J connectivity index is 1.66. The first-order valence-corrected chi connectivity index (χ1v) is 13.5. The fourth-order valence-electron chi connectivity index (χ4n) is 4.01. The standard InChI is InChI=1S/C24H27N3O7S2/c1-15-12-26(13-16(2)34-15)36(30,31)19-8-5-17(6-9-19)23(29)25-24-27(14-22(28)33-4)20-10-7-18(32-3)11-21(20)35-24/h5-11,15-16H,12-14H2,1-4H3/t15-,16-/m1/s1. The van der Waals surface area contributed by atoms with Gasteiger partial charge in [-0.2, -0.15) is 9.30 Å². The van der Waals surface area contributed by atoms with Crippen LogP contribution in [0.15, 0.2) is 52.4 Å².